The lowest BCUT2D eigenvalue weighted by molar-refractivity contribution is 0.211. The predicted molar refractivity (Wildman–Crippen MR) is 173 cm³/mol. The minimum atomic E-state index is 0.0860. The summed E-state index contributed by atoms with van der Waals surface area (Å²) < 4.78 is 0. The maximum atomic E-state index is 2.70. The van der Waals surface area contributed by atoms with Crippen molar-refractivity contribution in [1.29, 1.82) is 0 Å². The van der Waals surface area contributed by atoms with Gasteiger partial charge in [-0.2, -0.15) is 0 Å². The molecule has 0 bridgehead atoms. The number of fused-ring (bicyclic) bond motifs is 6. The zero-order valence-electron chi connectivity index (χ0n) is 23.6. The molecule has 198 valence electrons. The van der Waals surface area contributed by atoms with Crippen LogP contribution >= 0.6 is 0 Å². The molecule has 4 aromatic carbocycles. The van der Waals surface area contributed by atoms with Crippen LogP contribution < -0.4 is 0 Å². The van der Waals surface area contributed by atoms with Crippen molar-refractivity contribution in [2.45, 2.75) is 32.1 Å². The molecule has 0 N–H and O–H groups in total. The molecule has 4 aromatic rings. The number of rotatable bonds is 2. The minimum absolute atomic E-state index is 0.0860. The molecule has 0 aliphatic heterocycles. The summed E-state index contributed by atoms with van der Waals surface area (Å²) in [6.07, 6.45) is 22.7. The zero-order valence-corrected chi connectivity index (χ0v) is 23.6. The van der Waals surface area contributed by atoms with Crippen molar-refractivity contribution in [3.05, 3.63) is 155 Å². The van der Waals surface area contributed by atoms with Gasteiger partial charge in [-0.3, -0.25) is 0 Å². The van der Waals surface area contributed by atoms with Crippen molar-refractivity contribution in [1.82, 2.24) is 0 Å². The van der Waals surface area contributed by atoms with Gasteiger partial charge < -0.3 is 0 Å². The summed E-state index contributed by atoms with van der Waals surface area (Å²) in [5, 5.41) is 5.60. The SMILES string of the molecule is CC12C=CC=CC1=CC1C(c3ccccc3)C3=C(c4cc5ccccc5c5cccc3c45)C(C3=CC=CCC3)C1C2. The van der Waals surface area contributed by atoms with Crippen LogP contribution in [0.1, 0.15) is 48.8 Å². The summed E-state index contributed by atoms with van der Waals surface area (Å²) in [5.41, 5.74) is 10.8. The second-order valence-corrected chi connectivity index (χ2v) is 13.0. The van der Waals surface area contributed by atoms with Crippen molar-refractivity contribution in [2.24, 2.45) is 23.2 Å². The van der Waals surface area contributed by atoms with Crippen LogP contribution in [0.4, 0.5) is 0 Å². The van der Waals surface area contributed by atoms with Gasteiger partial charge in [-0.15, -0.1) is 0 Å². The topological polar surface area (TPSA) is 0 Å². The molecule has 0 saturated carbocycles. The van der Waals surface area contributed by atoms with Gasteiger partial charge >= 0.3 is 0 Å². The summed E-state index contributed by atoms with van der Waals surface area (Å²) in [6.45, 7) is 2.47. The van der Waals surface area contributed by atoms with Gasteiger partial charge in [0.25, 0.3) is 0 Å². The predicted octanol–water partition coefficient (Wildman–Crippen LogP) is 10.6. The molecule has 0 heteroatoms. The van der Waals surface area contributed by atoms with E-state index in [1.165, 1.54) is 50.2 Å². The summed E-state index contributed by atoms with van der Waals surface area (Å²) in [4.78, 5) is 0. The summed E-state index contributed by atoms with van der Waals surface area (Å²) in [5.74, 6) is 1.75. The summed E-state index contributed by atoms with van der Waals surface area (Å²) >= 11 is 0. The van der Waals surface area contributed by atoms with E-state index in [-0.39, 0.29) is 5.41 Å². The van der Waals surface area contributed by atoms with Crippen LogP contribution in [0.5, 0.6) is 0 Å². The fraction of sp³-hybridized carbons (Fsp3) is 0.220. The molecule has 0 nitrogen and oxygen atoms in total. The second-order valence-electron chi connectivity index (χ2n) is 13.0. The molecule has 9 rings (SSSR count). The standard InChI is InChI=1S/C41H34/c1-41-22-11-10-18-29(41)24-33-35(25-41)37(27-15-6-3-7-16-27)40-34-23-28-17-8-9-19-30(28)31-20-12-21-32(38(31)34)39(40)36(33)26-13-4-2-5-14-26/h2-6,8-15,17-24,33,35-37H,7,16,25H2,1H3. The largest absolute Gasteiger partial charge is 0.0842 e. The molecule has 5 unspecified atom stereocenters. The lowest BCUT2D eigenvalue weighted by Gasteiger charge is -2.51. The van der Waals surface area contributed by atoms with Crippen molar-refractivity contribution >= 4 is 32.7 Å². The van der Waals surface area contributed by atoms with Crippen LogP contribution in [0.2, 0.25) is 0 Å². The van der Waals surface area contributed by atoms with E-state index in [1.807, 2.05) is 0 Å². The zero-order chi connectivity index (χ0) is 27.1. The molecule has 0 aromatic heterocycles. The lowest BCUT2D eigenvalue weighted by atomic mass is 9.52. The number of benzene rings is 4. The van der Waals surface area contributed by atoms with Crippen molar-refractivity contribution in [3.63, 3.8) is 0 Å². The molecule has 5 atom stereocenters. The molecule has 41 heavy (non-hydrogen) atoms. The van der Waals surface area contributed by atoms with Crippen LogP contribution in [-0.2, 0) is 0 Å². The Balaban J connectivity index is 1.40. The molecular formula is C41H34. The highest BCUT2D eigenvalue weighted by Gasteiger charge is 2.52. The molecule has 5 aliphatic rings. The fourth-order valence-electron chi connectivity index (χ4n) is 9.14. The Morgan fingerprint density at radius 3 is 2.46 bits per heavy atom. The highest BCUT2D eigenvalue weighted by molar-refractivity contribution is 6.23. The van der Waals surface area contributed by atoms with Crippen LogP contribution in [0.15, 0.2) is 139 Å². The van der Waals surface area contributed by atoms with Crippen LogP contribution in [-0.4, -0.2) is 0 Å². The van der Waals surface area contributed by atoms with Crippen LogP contribution in [0, 0.1) is 23.2 Å². The highest BCUT2D eigenvalue weighted by atomic mass is 14.5. The van der Waals surface area contributed by atoms with Gasteiger partial charge in [0.2, 0.25) is 0 Å². The quantitative estimate of drug-likeness (QED) is 0.228. The van der Waals surface area contributed by atoms with Gasteiger partial charge in [-0.05, 0) is 92.1 Å². The third kappa shape index (κ3) is 3.28. The maximum absolute atomic E-state index is 2.70. The van der Waals surface area contributed by atoms with E-state index < -0.39 is 0 Å². The molecule has 5 aliphatic carbocycles. The fourth-order valence-corrected chi connectivity index (χ4v) is 9.14. The molecule has 0 amide bonds. The van der Waals surface area contributed by atoms with E-state index in [1.54, 1.807) is 16.7 Å². The number of hydrogen-bond acceptors (Lipinski definition) is 0. The molecule has 0 saturated heterocycles. The first kappa shape index (κ1) is 23.5. The first-order valence-corrected chi connectivity index (χ1v) is 15.4. The summed E-state index contributed by atoms with van der Waals surface area (Å²) in [6, 6.07) is 30.1. The third-order valence-electron chi connectivity index (χ3n) is 10.8. The molecule has 0 heterocycles. The lowest BCUT2D eigenvalue weighted by Crippen LogP contribution is -2.41. The van der Waals surface area contributed by atoms with Gasteiger partial charge in [-0.1, -0.05) is 134 Å². The van der Waals surface area contributed by atoms with Gasteiger partial charge in [0.05, 0.1) is 0 Å². The minimum Gasteiger partial charge on any atom is -0.0842 e. The third-order valence-corrected chi connectivity index (χ3v) is 10.8. The average Bonchev–Trinajstić information content (AvgIpc) is 3.34. The number of hydrogen-bond donors (Lipinski definition) is 0. The van der Waals surface area contributed by atoms with Crippen LogP contribution in [0.3, 0.4) is 0 Å². The molecular weight excluding hydrogens is 492 g/mol. The van der Waals surface area contributed by atoms with Crippen molar-refractivity contribution in [2.75, 3.05) is 0 Å². The normalized spacial score (nSPS) is 29.3. The molecule has 0 spiro atoms. The average molecular weight is 527 g/mol. The molecule has 0 radical (unpaired) electrons. The Kier molecular flexibility index (Phi) is 4.98. The molecule has 0 fully saturated rings. The highest BCUT2D eigenvalue weighted by Crippen LogP contribution is 2.66. The van der Waals surface area contributed by atoms with Crippen molar-refractivity contribution in [3.8, 4) is 0 Å². The van der Waals surface area contributed by atoms with E-state index in [0.717, 1.165) is 12.8 Å². The van der Waals surface area contributed by atoms with Gasteiger partial charge in [0, 0.05) is 17.3 Å². The van der Waals surface area contributed by atoms with E-state index in [4.69, 9.17) is 0 Å². The van der Waals surface area contributed by atoms with E-state index in [0.29, 0.717) is 23.7 Å². The van der Waals surface area contributed by atoms with Gasteiger partial charge in [0.1, 0.15) is 0 Å². The Morgan fingerprint density at radius 2 is 1.59 bits per heavy atom. The van der Waals surface area contributed by atoms with Gasteiger partial charge in [-0.25, -0.2) is 0 Å². The Labute approximate surface area is 242 Å². The number of allylic oxidation sites excluding steroid dienone is 12. The first-order valence-electron chi connectivity index (χ1n) is 15.4. The van der Waals surface area contributed by atoms with E-state index >= 15 is 0 Å². The second kappa shape index (κ2) is 8.67. The first-order chi connectivity index (χ1) is 20.2. The van der Waals surface area contributed by atoms with Gasteiger partial charge in [0.15, 0.2) is 0 Å². The maximum Gasteiger partial charge on any atom is 0.0165 e. The Morgan fingerprint density at radius 1 is 0.756 bits per heavy atom. The smallest absolute Gasteiger partial charge is 0.0165 e. The monoisotopic (exact) mass is 526 g/mol. The Hall–Kier alpha value is -4.16. The summed E-state index contributed by atoms with van der Waals surface area (Å²) in [7, 11) is 0. The van der Waals surface area contributed by atoms with E-state index in [2.05, 4.69) is 134 Å². The van der Waals surface area contributed by atoms with Crippen LogP contribution in [0.25, 0.3) is 32.7 Å². The Bertz CT molecular complexity index is 1940. The van der Waals surface area contributed by atoms with Crippen molar-refractivity contribution < 1.29 is 0 Å². The van der Waals surface area contributed by atoms with E-state index in [9.17, 15) is 0 Å².